The first-order valence-electron chi connectivity index (χ1n) is 7.99. The smallest absolute Gasteiger partial charge is 0.543 e. The number of ether oxygens (including phenoxy) is 2. The summed E-state index contributed by atoms with van der Waals surface area (Å²) in [7, 11) is 0. The van der Waals surface area contributed by atoms with Crippen LogP contribution in [-0.2, 0) is 9.47 Å². The maximum atomic E-state index is 11.1. The van der Waals surface area contributed by atoms with Gasteiger partial charge in [0.2, 0.25) is 0 Å². The van der Waals surface area contributed by atoms with Crippen LogP contribution in [0.1, 0.15) is 55.5 Å². The van der Waals surface area contributed by atoms with Gasteiger partial charge in [0.05, 0.1) is 47.7 Å². The van der Waals surface area contributed by atoms with E-state index in [1.165, 1.54) is 24.3 Å². The molecule has 0 spiro atoms. The van der Waals surface area contributed by atoms with E-state index in [1.807, 2.05) is 0 Å². The van der Waals surface area contributed by atoms with E-state index in [9.17, 15) is 29.4 Å². The summed E-state index contributed by atoms with van der Waals surface area (Å²) < 4.78 is 9.37. The summed E-state index contributed by atoms with van der Waals surface area (Å²) in [4.78, 5) is 49.9. The van der Waals surface area contributed by atoms with E-state index < -0.39 is 23.9 Å². The second-order valence-electron chi connectivity index (χ2n) is 4.88. The minimum Gasteiger partial charge on any atom is -0.543 e. The van der Waals surface area contributed by atoms with E-state index in [-0.39, 0.29) is 73.5 Å². The third-order valence-electron chi connectivity index (χ3n) is 2.97. The average Bonchev–Trinajstić information content (AvgIpc) is 2.69. The van der Waals surface area contributed by atoms with Gasteiger partial charge in [0.25, 0.3) is 0 Å². The van der Waals surface area contributed by atoms with Crippen LogP contribution in [0.15, 0.2) is 36.7 Å². The second-order valence-corrected chi connectivity index (χ2v) is 4.88. The fourth-order valence-electron chi connectivity index (χ4n) is 1.70. The van der Waals surface area contributed by atoms with E-state index in [0.717, 1.165) is 12.4 Å². The van der Waals surface area contributed by atoms with Gasteiger partial charge in [0.1, 0.15) is 0 Å². The Morgan fingerprint density at radius 2 is 1.10 bits per heavy atom. The van der Waals surface area contributed by atoms with E-state index in [4.69, 9.17) is 0 Å². The van der Waals surface area contributed by atoms with E-state index in [1.54, 1.807) is 13.8 Å². The van der Waals surface area contributed by atoms with Crippen LogP contribution >= 0.6 is 0 Å². The van der Waals surface area contributed by atoms with Crippen molar-refractivity contribution in [2.45, 2.75) is 13.8 Å². The van der Waals surface area contributed by atoms with Crippen LogP contribution in [0, 0.1) is 0 Å². The Morgan fingerprint density at radius 3 is 1.31 bits per heavy atom. The molecule has 11 heteroatoms. The molecular weight excluding hydrogens is 412 g/mol. The number of aromatic nitrogens is 2. The number of hydrogen-bond donors (Lipinski definition) is 0. The first kappa shape index (κ1) is 26.4. The Balaban J connectivity index is 0.000000523. The first-order valence-corrected chi connectivity index (χ1v) is 7.99. The van der Waals surface area contributed by atoms with Gasteiger partial charge in [-0.05, 0) is 38.1 Å². The number of pyridine rings is 2. The van der Waals surface area contributed by atoms with Crippen LogP contribution in [0.3, 0.4) is 0 Å². The topological polar surface area (TPSA) is 159 Å². The second kappa shape index (κ2) is 13.6. The van der Waals surface area contributed by atoms with Crippen molar-refractivity contribution in [2.75, 3.05) is 13.2 Å². The molecule has 148 valence electrons. The van der Waals surface area contributed by atoms with Crippen LogP contribution in [0.2, 0.25) is 0 Å². The Labute approximate surface area is 195 Å². The molecule has 2 heterocycles. The van der Waals surface area contributed by atoms with Crippen LogP contribution in [0.25, 0.3) is 0 Å². The molecule has 0 amide bonds. The van der Waals surface area contributed by atoms with Gasteiger partial charge >= 0.3 is 49.7 Å². The zero-order valence-corrected chi connectivity index (χ0v) is 18.0. The maximum Gasteiger partial charge on any atom is 2.00 e. The number of rotatable bonds is 6. The van der Waals surface area contributed by atoms with Gasteiger partial charge in [-0.2, -0.15) is 0 Å². The summed E-state index contributed by atoms with van der Waals surface area (Å²) in [6.07, 6.45) is 2.28. The van der Waals surface area contributed by atoms with E-state index in [2.05, 4.69) is 19.4 Å². The molecule has 0 fully saturated rings. The molecular formula is C18H16CaN2O8. The van der Waals surface area contributed by atoms with Crippen LogP contribution in [0.4, 0.5) is 0 Å². The number of esters is 2. The predicted molar refractivity (Wildman–Crippen MR) is 94.8 cm³/mol. The average molecular weight is 428 g/mol. The summed E-state index contributed by atoms with van der Waals surface area (Å²) in [5.74, 6) is -3.80. The van der Waals surface area contributed by atoms with Crippen molar-refractivity contribution in [1.29, 1.82) is 0 Å². The molecule has 0 aliphatic heterocycles. The monoisotopic (exact) mass is 428 g/mol. The zero-order valence-electron chi connectivity index (χ0n) is 15.7. The summed E-state index contributed by atoms with van der Waals surface area (Å²) in [5.41, 5.74) is 0.0183. The molecule has 29 heavy (non-hydrogen) atoms. The fourth-order valence-corrected chi connectivity index (χ4v) is 1.70. The van der Waals surface area contributed by atoms with Crippen molar-refractivity contribution in [3.63, 3.8) is 0 Å². The normalized spacial score (nSPS) is 9.17. The summed E-state index contributed by atoms with van der Waals surface area (Å²) in [5, 5.41) is 20.6. The minimum atomic E-state index is -1.37. The third kappa shape index (κ3) is 8.99. The quantitative estimate of drug-likeness (QED) is 0.407. The van der Waals surface area contributed by atoms with E-state index in [0.29, 0.717) is 0 Å². The van der Waals surface area contributed by atoms with Crippen LogP contribution in [0.5, 0.6) is 0 Å². The summed E-state index contributed by atoms with van der Waals surface area (Å²) in [6, 6.07) is 5.05. The Kier molecular flexibility index (Phi) is 12.4. The van der Waals surface area contributed by atoms with Gasteiger partial charge in [-0.15, -0.1) is 0 Å². The number of carbonyl (C=O) groups is 4. The molecule has 2 rings (SSSR count). The van der Waals surface area contributed by atoms with Gasteiger partial charge in [0.15, 0.2) is 0 Å². The number of hydrogen-bond acceptors (Lipinski definition) is 10. The SMILES string of the molecule is CCOC(=O)c1ccc(C(=O)[O-])nc1.CCOC(=O)c1ccc(C(=O)[O-])nc1.[Ca+2]. The Hall–Kier alpha value is -2.56. The molecule has 0 radical (unpaired) electrons. The standard InChI is InChI=1S/2C9H9NO4.Ca/c2*1-2-14-9(13)6-3-4-7(8(11)12)10-5-6;/h2*3-5H,2H2,1H3,(H,11,12);/q;;+2/p-2. The molecule has 0 atom stereocenters. The van der Waals surface area contributed by atoms with Crippen molar-refractivity contribution in [3.05, 3.63) is 59.2 Å². The molecule has 2 aromatic heterocycles. The van der Waals surface area contributed by atoms with Gasteiger partial charge in [-0.3, -0.25) is 9.97 Å². The van der Waals surface area contributed by atoms with Gasteiger partial charge in [-0.25, -0.2) is 9.59 Å². The van der Waals surface area contributed by atoms with E-state index >= 15 is 0 Å². The first-order chi connectivity index (χ1) is 13.3. The van der Waals surface area contributed by atoms with Crippen LogP contribution in [-0.4, -0.2) is 84.8 Å². The number of carbonyl (C=O) groups excluding carboxylic acids is 4. The number of carboxylic acid groups (broad SMARTS) is 2. The molecule has 0 aliphatic rings. The molecule has 0 saturated carbocycles. The molecule has 0 unspecified atom stereocenters. The van der Waals surface area contributed by atoms with Crippen molar-refractivity contribution in [1.82, 2.24) is 9.97 Å². The molecule has 0 aromatic carbocycles. The number of aromatic carboxylic acids is 2. The van der Waals surface area contributed by atoms with Gasteiger partial charge in [-0.1, -0.05) is 0 Å². The largest absolute Gasteiger partial charge is 2.00 e. The fraction of sp³-hybridized carbons (Fsp3) is 0.222. The zero-order chi connectivity index (χ0) is 21.1. The van der Waals surface area contributed by atoms with Crippen molar-refractivity contribution in [3.8, 4) is 0 Å². The molecule has 10 nitrogen and oxygen atoms in total. The predicted octanol–water partition coefficient (Wildman–Crippen LogP) is -1.14. The summed E-state index contributed by atoms with van der Waals surface area (Å²) >= 11 is 0. The third-order valence-corrected chi connectivity index (χ3v) is 2.97. The van der Waals surface area contributed by atoms with Gasteiger partial charge in [0, 0.05) is 12.4 Å². The van der Waals surface area contributed by atoms with Crippen molar-refractivity contribution >= 4 is 61.6 Å². The Morgan fingerprint density at radius 1 is 0.759 bits per heavy atom. The molecule has 0 aliphatic carbocycles. The van der Waals surface area contributed by atoms with Crippen LogP contribution < -0.4 is 10.2 Å². The molecule has 0 N–H and O–H groups in total. The molecule has 2 aromatic rings. The van der Waals surface area contributed by atoms with Crippen molar-refractivity contribution < 1.29 is 38.9 Å². The number of carboxylic acids is 2. The molecule has 0 bridgehead atoms. The van der Waals surface area contributed by atoms with Gasteiger partial charge < -0.3 is 29.3 Å². The maximum absolute atomic E-state index is 11.1. The molecule has 0 saturated heterocycles. The Bertz CT molecular complexity index is 766. The summed E-state index contributed by atoms with van der Waals surface area (Å²) in [6.45, 7) is 3.89. The minimum absolute atomic E-state index is 0. The van der Waals surface area contributed by atoms with Crippen molar-refractivity contribution in [2.24, 2.45) is 0 Å². The number of nitrogens with zero attached hydrogens (tertiary/aromatic N) is 2.